The van der Waals surface area contributed by atoms with Gasteiger partial charge in [0.1, 0.15) is 6.61 Å². The fourth-order valence-electron chi connectivity index (χ4n) is 2.52. The number of methoxy groups -OCH3 is 1. The molecule has 0 aliphatic heterocycles. The number of aromatic nitrogens is 3. The second kappa shape index (κ2) is 9.59. The van der Waals surface area contributed by atoms with E-state index < -0.39 is 0 Å². The number of nitrogens with one attached hydrogen (secondary N) is 1. The highest BCUT2D eigenvalue weighted by atomic mass is 32.2. The van der Waals surface area contributed by atoms with Gasteiger partial charge < -0.3 is 10.1 Å². The molecule has 0 saturated heterocycles. The van der Waals surface area contributed by atoms with Gasteiger partial charge in [-0.05, 0) is 30.5 Å². The monoisotopic (exact) mass is 400 g/mol. The summed E-state index contributed by atoms with van der Waals surface area (Å²) in [6.45, 7) is 0.343. The molecule has 1 amide bonds. The summed E-state index contributed by atoms with van der Waals surface area (Å²) in [5, 5.41) is 12.1. The molecule has 0 spiro atoms. The Balaban J connectivity index is 1.73. The third-order valence-electron chi connectivity index (χ3n) is 3.70. The molecule has 1 heterocycles. The van der Waals surface area contributed by atoms with Crippen molar-refractivity contribution in [1.82, 2.24) is 14.8 Å². The van der Waals surface area contributed by atoms with E-state index >= 15 is 0 Å². The van der Waals surface area contributed by atoms with E-state index in [1.54, 1.807) is 18.9 Å². The number of para-hydroxylation sites is 2. The summed E-state index contributed by atoms with van der Waals surface area (Å²) >= 11 is 2.94. The highest BCUT2D eigenvalue weighted by molar-refractivity contribution is 7.99. The van der Waals surface area contributed by atoms with Crippen LogP contribution >= 0.6 is 23.5 Å². The lowest BCUT2D eigenvalue weighted by Crippen LogP contribution is -2.15. The molecule has 3 aromatic rings. The van der Waals surface area contributed by atoms with Gasteiger partial charge >= 0.3 is 0 Å². The lowest BCUT2D eigenvalue weighted by atomic mass is 10.3. The first-order valence-electron chi connectivity index (χ1n) is 8.27. The van der Waals surface area contributed by atoms with Crippen LogP contribution in [0.5, 0.6) is 0 Å². The van der Waals surface area contributed by atoms with Crippen LogP contribution in [0.25, 0.3) is 5.69 Å². The number of hydrogen-bond acceptors (Lipinski definition) is 6. The Kier molecular flexibility index (Phi) is 6.92. The maximum absolute atomic E-state index is 12.4. The van der Waals surface area contributed by atoms with Crippen molar-refractivity contribution in [3.63, 3.8) is 0 Å². The van der Waals surface area contributed by atoms with Crippen molar-refractivity contribution >= 4 is 35.1 Å². The molecule has 3 rings (SSSR count). The minimum Gasteiger partial charge on any atom is -0.377 e. The Morgan fingerprint density at radius 2 is 1.85 bits per heavy atom. The molecule has 1 N–H and O–H groups in total. The van der Waals surface area contributed by atoms with Gasteiger partial charge in [-0.25, -0.2) is 0 Å². The minimum absolute atomic E-state index is 0.0857. The number of rotatable bonds is 8. The van der Waals surface area contributed by atoms with Gasteiger partial charge in [0.25, 0.3) is 0 Å². The van der Waals surface area contributed by atoms with Crippen LogP contribution in [0.1, 0.15) is 5.82 Å². The van der Waals surface area contributed by atoms with Crippen LogP contribution in [0.15, 0.2) is 64.6 Å². The van der Waals surface area contributed by atoms with E-state index in [-0.39, 0.29) is 11.7 Å². The van der Waals surface area contributed by atoms with Gasteiger partial charge in [0.15, 0.2) is 11.0 Å². The van der Waals surface area contributed by atoms with Gasteiger partial charge in [-0.15, -0.1) is 22.0 Å². The Morgan fingerprint density at radius 1 is 1.11 bits per heavy atom. The molecule has 140 valence electrons. The maximum atomic E-state index is 12.4. The molecule has 0 atom stereocenters. The number of amides is 1. The van der Waals surface area contributed by atoms with Crippen molar-refractivity contribution < 1.29 is 9.53 Å². The summed E-state index contributed by atoms with van der Waals surface area (Å²) in [5.74, 6) is 0.845. The van der Waals surface area contributed by atoms with Crippen LogP contribution in [-0.2, 0) is 16.1 Å². The maximum Gasteiger partial charge on any atom is 0.234 e. The first-order valence-corrected chi connectivity index (χ1v) is 10.5. The average molecular weight is 401 g/mol. The largest absolute Gasteiger partial charge is 0.377 e. The Hall–Kier alpha value is -2.29. The number of nitrogens with zero attached hydrogens (tertiary/aromatic N) is 3. The molecule has 0 radical (unpaired) electrons. The van der Waals surface area contributed by atoms with E-state index in [9.17, 15) is 4.79 Å². The second-order valence-electron chi connectivity index (χ2n) is 5.54. The fraction of sp³-hybridized carbons (Fsp3) is 0.211. The van der Waals surface area contributed by atoms with Gasteiger partial charge in [0, 0.05) is 17.7 Å². The molecule has 6 nitrogen and oxygen atoms in total. The van der Waals surface area contributed by atoms with Crippen molar-refractivity contribution in [2.75, 3.05) is 24.4 Å². The SMILES string of the molecule is COCc1nnc(SCC(=O)Nc2ccccc2SC)n1-c1ccccc1. The van der Waals surface area contributed by atoms with Crippen LogP contribution in [0, 0.1) is 0 Å². The number of benzene rings is 2. The molecule has 0 aliphatic rings. The van der Waals surface area contributed by atoms with Crippen molar-refractivity contribution in [3.05, 3.63) is 60.4 Å². The van der Waals surface area contributed by atoms with Gasteiger partial charge in [0.05, 0.1) is 11.4 Å². The van der Waals surface area contributed by atoms with E-state index in [4.69, 9.17) is 4.74 Å². The molecule has 0 saturated carbocycles. The summed E-state index contributed by atoms with van der Waals surface area (Å²) in [6.07, 6.45) is 1.99. The molecule has 8 heteroatoms. The lowest BCUT2D eigenvalue weighted by Gasteiger charge is -2.11. The van der Waals surface area contributed by atoms with E-state index in [2.05, 4.69) is 15.5 Å². The normalized spacial score (nSPS) is 10.7. The zero-order valence-electron chi connectivity index (χ0n) is 15.1. The predicted octanol–water partition coefficient (Wildman–Crippen LogP) is 3.87. The van der Waals surface area contributed by atoms with E-state index in [1.165, 1.54) is 11.8 Å². The third kappa shape index (κ3) is 4.91. The highest BCUT2D eigenvalue weighted by Crippen LogP contribution is 2.26. The Labute approximate surface area is 166 Å². The second-order valence-corrected chi connectivity index (χ2v) is 7.33. The summed E-state index contributed by atoms with van der Waals surface area (Å²) in [4.78, 5) is 13.4. The molecule has 2 aromatic carbocycles. The lowest BCUT2D eigenvalue weighted by molar-refractivity contribution is -0.113. The topological polar surface area (TPSA) is 69.0 Å². The van der Waals surface area contributed by atoms with Crippen LogP contribution in [0.4, 0.5) is 5.69 Å². The number of anilines is 1. The molecule has 0 fully saturated rings. The van der Waals surface area contributed by atoms with Gasteiger partial charge in [0.2, 0.25) is 5.91 Å². The zero-order valence-corrected chi connectivity index (χ0v) is 16.7. The summed E-state index contributed by atoms with van der Waals surface area (Å²) in [7, 11) is 1.62. The molecule has 0 unspecified atom stereocenters. The minimum atomic E-state index is -0.0857. The van der Waals surface area contributed by atoms with Crippen molar-refractivity contribution in [3.8, 4) is 5.69 Å². The van der Waals surface area contributed by atoms with Crippen LogP contribution in [0.2, 0.25) is 0 Å². The fourth-order valence-corrected chi connectivity index (χ4v) is 3.84. The first kappa shape index (κ1) is 19.5. The summed E-state index contributed by atoms with van der Waals surface area (Å²) in [5.41, 5.74) is 1.75. The van der Waals surface area contributed by atoms with E-state index in [1.807, 2.05) is 65.4 Å². The number of thioether (sulfide) groups is 2. The van der Waals surface area contributed by atoms with Crippen molar-refractivity contribution in [1.29, 1.82) is 0 Å². The first-order chi connectivity index (χ1) is 13.2. The van der Waals surface area contributed by atoms with Crippen LogP contribution in [-0.4, -0.2) is 39.8 Å². The summed E-state index contributed by atoms with van der Waals surface area (Å²) in [6, 6.07) is 17.5. The standard InChI is InChI=1S/C19H20N4O2S2/c1-25-12-17-21-22-19(23(17)14-8-4-3-5-9-14)27-13-18(24)20-15-10-6-7-11-16(15)26-2/h3-11H,12-13H2,1-2H3,(H,20,24). The summed E-state index contributed by atoms with van der Waals surface area (Å²) < 4.78 is 7.13. The molecular weight excluding hydrogens is 380 g/mol. The average Bonchev–Trinajstić information content (AvgIpc) is 3.10. The van der Waals surface area contributed by atoms with E-state index in [0.29, 0.717) is 17.6 Å². The predicted molar refractivity (Wildman–Crippen MR) is 110 cm³/mol. The quantitative estimate of drug-likeness (QED) is 0.579. The molecular formula is C19H20N4O2S2. The third-order valence-corrected chi connectivity index (χ3v) is 5.43. The number of hydrogen-bond donors (Lipinski definition) is 1. The Morgan fingerprint density at radius 3 is 2.59 bits per heavy atom. The number of ether oxygens (including phenoxy) is 1. The Bertz CT molecular complexity index is 900. The van der Waals surface area contributed by atoms with Crippen molar-refractivity contribution in [2.45, 2.75) is 16.7 Å². The van der Waals surface area contributed by atoms with Crippen molar-refractivity contribution in [2.24, 2.45) is 0 Å². The van der Waals surface area contributed by atoms with Crippen LogP contribution in [0.3, 0.4) is 0 Å². The van der Waals surface area contributed by atoms with Crippen LogP contribution < -0.4 is 5.32 Å². The van der Waals surface area contributed by atoms with Gasteiger partial charge in [-0.3, -0.25) is 9.36 Å². The molecule has 27 heavy (non-hydrogen) atoms. The smallest absolute Gasteiger partial charge is 0.234 e. The molecule has 1 aromatic heterocycles. The van der Waals surface area contributed by atoms with Gasteiger partial charge in [-0.2, -0.15) is 0 Å². The number of carbonyl (C=O) groups is 1. The number of carbonyl (C=O) groups excluding carboxylic acids is 1. The van der Waals surface area contributed by atoms with Gasteiger partial charge in [-0.1, -0.05) is 42.1 Å². The zero-order chi connectivity index (χ0) is 19.1. The highest BCUT2D eigenvalue weighted by Gasteiger charge is 2.16. The van der Waals surface area contributed by atoms with E-state index in [0.717, 1.165) is 16.3 Å². The molecule has 0 bridgehead atoms. The molecule has 0 aliphatic carbocycles.